The molecule has 2 aliphatic heterocycles. The molecule has 0 spiro atoms. The number of anilines is 1. The van der Waals surface area contributed by atoms with Crippen LogP contribution in [0.3, 0.4) is 0 Å². The summed E-state index contributed by atoms with van der Waals surface area (Å²) >= 11 is 1.68. The maximum absolute atomic E-state index is 14.1. The van der Waals surface area contributed by atoms with Gasteiger partial charge in [-0.3, -0.25) is 14.5 Å². The van der Waals surface area contributed by atoms with Crippen LogP contribution in [0.5, 0.6) is 0 Å². The zero-order chi connectivity index (χ0) is 31.2. The normalized spacial score (nSPS) is 21.6. The highest BCUT2D eigenvalue weighted by Crippen LogP contribution is 2.42. The maximum atomic E-state index is 14.1. The van der Waals surface area contributed by atoms with E-state index in [4.69, 9.17) is 0 Å². The molecule has 2 saturated heterocycles. The molecule has 1 saturated carbocycles. The highest BCUT2D eigenvalue weighted by Gasteiger charge is 2.40. The van der Waals surface area contributed by atoms with Crippen LogP contribution in [0.25, 0.3) is 6.08 Å². The molecule has 2 heterocycles. The van der Waals surface area contributed by atoms with Crippen molar-refractivity contribution in [1.82, 2.24) is 15.1 Å². The molecule has 6 nitrogen and oxygen atoms in total. The largest absolute Gasteiger partial charge is 0.367 e. The Labute approximate surface area is 268 Å². The molecule has 236 valence electrons. The van der Waals surface area contributed by atoms with E-state index in [2.05, 4.69) is 15.1 Å². The number of rotatable bonds is 9. The van der Waals surface area contributed by atoms with Crippen molar-refractivity contribution in [1.29, 1.82) is 0 Å². The number of thioether (sulfide) groups is 1. The second-order valence-electron chi connectivity index (χ2n) is 12.1. The number of nitrogens with zero attached hydrogens (tertiary/aromatic N) is 3. The fraction of sp³-hybridized carbons (Fsp3) is 0.389. The number of carbonyl (C=O) groups excluding carboxylic acids is 2. The summed E-state index contributed by atoms with van der Waals surface area (Å²) in [6.45, 7) is 5.23. The lowest BCUT2D eigenvalue weighted by molar-refractivity contribution is -0.130. The molecule has 2 atom stereocenters. The summed E-state index contributed by atoms with van der Waals surface area (Å²) in [7, 11) is 0. The minimum absolute atomic E-state index is 0.0166. The maximum Gasteiger partial charge on any atom is 0.260 e. The van der Waals surface area contributed by atoms with Gasteiger partial charge in [0.2, 0.25) is 0 Å². The van der Waals surface area contributed by atoms with Crippen molar-refractivity contribution in [3.8, 4) is 0 Å². The van der Waals surface area contributed by atoms with Gasteiger partial charge in [0.25, 0.3) is 11.8 Å². The molecule has 3 fully saturated rings. The monoisotopic (exact) mass is 630 g/mol. The third-order valence-corrected chi connectivity index (χ3v) is 10.5. The number of amides is 2. The minimum Gasteiger partial charge on any atom is -0.367 e. The molecule has 3 aromatic carbocycles. The predicted molar refractivity (Wildman–Crippen MR) is 177 cm³/mol. The number of piperazine rings is 1. The molecule has 3 aliphatic rings. The molecule has 0 radical (unpaired) electrons. The fourth-order valence-corrected chi connectivity index (χ4v) is 8.03. The first kappa shape index (κ1) is 31.3. The lowest BCUT2D eigenvalue weighted by Gasteiger charge is -2.44. The Balaban J connectivity index is 0.994. The minimum atomic E-state index is -0.277. The zero-order valence-corrected chi connectivity index (χ0v) is 26.3. The van der Waals surface area contributed by atoms with E-state index in [9.17, 15) is 18.4 Å². The Bertz CT molecular complexity index is 1510. The van der Waals surface area contributed by atoms with Crippen molar-refractivity contribution in [2.75, 3.05) is 44.2 Å². The van der Waals surface area contributed by atoms with Crippen molar-refractivity contribution < 1.29 is 18.4 Å². The molecule has 2 unspecified atom stereocenters. The molecule has 0 bridgehead atoms. The highest BCUT2D eigenvalue weighted by molar-refractivity contribution is 8.04. The highest BCUT2D eigenvalue weighted by atomic mass is 32.2. The molecular weight excluding hydrogens is 590 g/mol. The molecule has 1 N–H and O–H groups in total. The summed E-state index contributed by atoms with van der Waals surface area (Å²) in [6, 6.07) is 20.9. The Morgan fingerprint density at radius 1 is 0.911 bits per heavy atom. The smallest absolute Gasteiger partial charge is 0.260 e. The van der Waals surface area contributed by atoms with E-state index in [0.717, 1.165) is 76.0 Å². The summed E-state index contributed by atoms with van der Waals surface area (Å²) in [5.41, 5.74) is 3.06. The van der Waals surface area contributed by atoms with Gasteiger partial charge in [0, 0.05) is 56.1 Å². The van der Waals surface area contributed by atoms with Crippen molar-refractivity contribution in [3.63, 3.8) is 0 Å². The summed E-state index contributed by atoms with van der Waals surface area (Å²) < 4.78 is 27.6. The van der Waals surface area contributed by atoms with Crippen molar-refractivity contribution in [3.05, 3.63) is 106 Å². The Kier molecular flexibility index (Phi) is 10.2. The second-order valence-corrected chi connectivity index (χ2v) is 13.4. The number of para-hydroxylation sites is 1. The Morgan fingerprint density at radius 2 is 1.64 bits per heavy atom. The molecule has 0 aromatic heterocycles. The molecule has 3 aromatic rings. The summed E-state index contributed by atoms with van der Waals surface area (Å²) in [4.78, 5) is 33.6. The van der Waals surface area contributed by atoms with Crippen LogP contribution in [0, 0.1) is 11.6 Å². The van der Waals surface area contributed by atoms with Crippen molar-refractivity contribution in [2.24, 2.45) is 0 Å². The summed E-state index contributed by atoms with van der Waals surface area (Å²) in [5, 5.41) is 3.37. The Morgan fingerprint density at radius 3 is 2.40 bits per heavy atom. The van der Waals surface area contributed by atoms with E-state index >= 15 is 0 Å². The lowest BCUT2D eigenvalue weighted by atomic mass is 9.92. The topological polar surface area (TPSA) is 55.9 Å². The average molecular weight is 631 g/mol. The van der Waals surface area contributed by atoms with Crippen LogP contribution in [0.1, 0.15) is 53.6 Å². The van der Waals surface area contributed by atoms with E-state index < -0.39 is 0 Å². The molecule has 6 rings (SSSR count). The van der Waals surface area contributed by atoms with Crippen molar-refractivity contribution in [2.45, 2.75) is 49.9 Å². The van der Waals surface area contributed by atoms with E-state index in [-0.39, 0.29) is 29.5 Å². The number of carbonyl (C=O) groups is 2. The van der Waals surface area contributed by atoms with E-state index in [1.165, 1.54) is 18.2 Å². The van der Waals surface area contributed by atoms with Crippen molar-refractivity contribution >= 4 is 35.3 Å². The van der Waals surface area contributed by atoms with Gasteiger partial charge in [0.1, 0.15) is 11.6 Å². The number of nitrogens with one attached hydrogen (secondary N) is 1. The van der Waals surface area contributed by atoms with Gasteiger partial charge in [0.15, 0.2) is 0 Å². The molecular formula is C36H40F2N4O2S. The fourth-order valence-electron chi connectivity index (χ4n) is 6.56. The first-order valence-corrected chi connectivity index (χ1v) is 16.9. The SMILES string of the molecule is O=C(NCCCN1CCN(c2ccccc2F)CC1)c1ccc(/C=C2\SC3CCCCC3N(Cc3ccc(F)cc3)C2=O)cc1. The van der Waals surface area contributed by atoms with Gasteiger partial charge < -0.3 is 15.1 Å². The first-order valence-electron chi connectivity index (χ1n) is 16.0. The lowest BCUT2D eigenvalue weighted by Crippen LogP contribution is -2.50. The number of benzene rings is 3. The van der Waals surface area contributed by atoms with Gasteiger partial charge in [-0.2, -0.15) is 0 Å². The van der Waals surface area contributed by atoms with Crippen LogP contribution < -0.4 is 10.2 Å². The van der Waals surface area contributed by atoms with Crippen LogP contribution in [0.2, 0.25) is 0 Å². The average Bonchev–Trinajstić information content (AvgIpc) is 3.07. The molecule has 2 amide bonds. The van der Waals surface area contributed by atoms with Gasteiger partial charge in [-0.25, -0.2) is 8.78 Å². The van der Waals surface area contributed by atoms with Crippen LogP contribution in [-0.2, 0) is 11.3 Å². The summed E-state index contributed by atoms with van der Waals surface area (Å²) in [5.74, 6) is -0.553. The quantitative estimate of drug-likeness (QED) is 0.221. The zero-order valence-electron chi connectivity index (χ0n) is 25.5. The molecule has 45 heavy (non-hydrogen) atoms. The molecule has 1 aliphatic carbocycles. The van der Waals surface area contributed by atoms with Crippen LogP contribution in [0.4, 0.5) is 14.5 Å². The number of fused-ring (bicyclic) bond motifs is 1. The third-order valence-electron chi connectivity index (χ3n) is 9.06. The number of hydrogen-bond donors (Lipinski definition) is 1. The second kappa shape index (κ2) is 14.6. The van der Waals surface area contributed by atoms with Gasteiger partial charge in [-0.15, -0.1) is 11.8 Å². The van der Waals surface area contributed by atoms with E-state index in [1.807, 2.05) is 35.2 Å². The number of halogens is 2. The standard InChI is InChI=1S/C36H40F2N4O2S/c37-29-16-12-27(13-17-29)25-42-32-8-3-4-9-33(32)45-34(36(42)44)24-26-10-14-28(15-11-26)35(43)39-18-5-19-40-20-22-41(23-21-40)31-7-2-1-6-30(31)38/h1-2,6-7,10-17,24,32-33H,3-5,8-9,18-23,25H2,(H,39,43)/b34-24-. The van der Waals surface area contributed by atoms with Gasteiger partial charge >= 0.3 is 0 Å². The van der Waals surface area contributed by atoms with Crippen LogP contribution >= 0.6 is 11.8 Å². The van der Waals surface area contributed by atoms with Crippen LogP contribution in [-0.4, -0.2) is 72.2 Å². The Hall–Kier alpha value is -3.69. The van der Waals surface area contributed by atoms with Gasteiger partial charge in [-0.1, -0.05) is 49.2 Å². The summed E-state index contributed by atoms with van der Waals surface area (Å²) in [6.07, 6.45) is 7.12. The van der Waals surface area contributed by atoms with Crippen LogP contribution in [0.15, 0.2) is 77.7 Å². The first-order chi connectivity index (χ1) is 21.9. The van der Waals surface area contributed by atoms with E-state index in [1.54, 1.807) is 42.1 Å². The van der Waals surface area contributed by atoms with E-state index in [0.29, 0.717) is 34.5 Å². The third kappa shape index (κ3) is 7.76. The van der Waals surface area contributed by atoms with Gasteiger partial charge in [-0.05, 0) is 79.4 Å². The van der Waals surface area contributed by atoms with Gasteiger partial charge in [0.05, 0.1) is 10.6 Å². The molecule has 9 heteroatoms. The number of hydrogen-bond acceptors (Lipinski definition) is 5. The predicted octanol–water partition coefficient (Wildman–Crippen LogP) is 6.33.